The van der Waals surface area contributed by atoms with Crippen LogP contribution in [0.5, 0.6) is 0 Å². The Kier molecular flexibility index (Phi) is 4.70. The summed E-state index contributed by atoms with van der Waals surface area (Å²) >= 11 is 1.51. The third-order valence-corrected chi connectivity index (χ3v) is 3.35. The van der Waals surface area contributed by atoms with Gasteiger partial charge in [-0.3, -0.25) is 9.59 Å². The zero-order valence-corrected chi connectivity index (χ0v) is 13.0. The number of amides is 1. The summed E-state index contributed by atoms with van der Waals surface area (Å²) in [7, 11) is 1.67. The molecular weight excluding hydrogens is 286 g/mol. The average molecular weight is 303 g/mol. The summed E-state index contributed by atoms with van der Waals surface area (Å²) in [6.45, 7) is 1.38. The Morgan fingerprint density at radius 1 is 1.24 bits per heavy atom. The predicted molar refractivity (Wildman–Crippen MR) is 88.6 cm³/mol. The van der Waals surface area contributed by atoms with Crippen LogP contribution in [0, 0.1) is 0 Å². The lowest BCUT2D eigenvalue weighted by molar-refractivity contribution is -0.114. The normalized spacial score (nSPS) is 10.2. The minimum absolute atomic E-state index is 0.229. The molecule has 2 aromatic rings. The van der Waals surface area contributed by atoms with Gasteiger partial charge in [0.25, 0.3) is 5.56 Å². The number of hydrogen-bond acceptors (Lipinski definition) is 4. The van der Waals surface area contributed by atoms with Crippen molar-refractivity contribution in [1.29, 1.82) is 0 Å². The van der Waals surface area contributed by atoms with Crippen LogP contribution in [0.25, 0.3) is 11.1 Å². The van der Waals surface area contributed by atoms with E-state index in [2.05, 4.69) is 10.0 Å². The van der Waals surface area contributed by atoms with Crippen LogP contribution >= 0.6 is 11.9 Å². The number of benzene rings is 1. The number of anilines is 2. The van der Waals surface area contributed by atoms with Crippen LogP contribution in [0.15, 0.2) is 41.3 Å². The first-order valence-corrected chi connectivity index (χ1v) is 7.61. The summed E-state index contributed by atoms with van der Waals surface area (Å²) in [5.41, 5.74) is 2.87. The van der Waals surface area contributed by atoms with E-state index in [0.29, 0.717) is 0 Å². The maximum atomic E-state index is 12.0. The second kappa shape index (κ2) is 6.49. The van der Waals surface area contributed by atoms with E-state index >= 15 is 0 Å². The quantitative estimate of drug-likeness (QED) is 0.853. The number of pyridine rings is 1. The fourth-order valence-electron chi connectivity index (χ4n) is 2.03. The first-order valence-electron chi connectivity index (χ1n) is 6.39. The minimum Gasteiger partial charge on any atom is -0.330 e. The van der Waals surface area contributed by atoms with E-state index in [1.165, 1.54) is 23.4 Å². The molecule has 0 unspecified atom stereocenters. The molecule has 21 heavy (non-hydrogen) atoms. The number of hydrogen-bond donors (Lipinski definition) is 2. The van der Waals surface area contributed by atoms with Gasteiger partial charge in [-0.2, -0.15) is 0 Å². The summed E-state index contributed by atoms with van der Waals surface area (Å²) in [5, 5.41) is 2.57. The molecule has 5 nitrogen and oxygen atoms in total. The molecule has 0 spiro atoms. The van der Waals surface area contributed by atoms with Gasteiger partial charge in [-0.25, -0.2) is 0 Å². The number of rotatable bonds is 4. The van der Waals surface area contributed by atoms with Crippen molar-refractivity contribution in [3.63, 3.8) is 0 Å². The molecule has 2 rings (SSSR count). The van der Waals surface area contributed by atoms with E-state index in [1.807, 2.05) is 30.5 Å². The smallest absolute Gasteiger partial charge is 0.274 e. The Bertz CT molecular complexity index is 725. The monoisotopic (exact) mass is 303 g/mol. The Hall–Kier alpha value is -2.21. The lowest BCUT2D eigenvalue weighted by Crippen LogP contribution is -2.22. The fourth-order valence-corrected chi connectivity index (χ4v) is 2.39. The van der Waals surface area contributed by atoms with E-state index < -0.39 is 0 Å². The van der Waals surface area contributed by atoms with Crippen LogP contribution < -0.4 is 15.6 Å². The molecule has 0 saturated carbocycles. The number of nitrogens with zero attached hydrogens (tertiary/aromatic N) is 1. The molecule has 0 atom stereocenters. The molecule has 110 valence electrons. The Morgan fingerprint density at radius 2 is 2.00 bits per heavy atom. The van der Waals surface area contributed by atoms with Gasteiger partial charge in [0.15, 0.2) is 0 Å². The highest BCUT2D eigenvalue weighted by molar-refractivity contribution is 7.99. The Labute approximate surface area is 127 Å². The molecule has 1 aromatic carbocycles. The van der Waals surface area contributed by atoms with E-state index in [-0.39, 0.29) is 17.2 Å². The van der Waals surface area contributed by atoms with Crippen LogP contribution in [0.1, 0.15) is 6.92 Å². The van der Waals surface area contributed by atoms with Gasteiger partial charge in [-0.15, -0.1) is 0 Å². The van der Waals surface area contributed by atoms with Crippen LogP contribution in [0.4, 0.5) is 11.4 Å². The van der Waals surface area contributed by atoms with Crippen LogP contribution in [-0.2, 0) is 11.8 Å². The first-order chi connectivity index (χ1) is 10.0. The molecule has 0 radical (unpaired) electrons. The van der Waals surface area contributed by atoms with Gasteiger partial charge in [-0.05, 0) is 23.8 Å². The minimum atomic E-state index is -0.262. The van der Waals surface area contributed by atoms with Crippen molar-refractivity contribution in [1.82, 2.24) is 4.57 Å². The van der Waals surface area contributed by atoms with Crippen molar-refractivity contribution in [2.45, 2.75) is 6.92 Å². The highest BCUT2D eigenvalue weighted by Crippen LogP contribution is 2.24. The largest absolute Gasteiger partial charge is 0.330 e. The van der Waals surface area contributed by atoms with E-state index in [4.69, 9.17) is 0 Å². The zero-order chi connectivity index (χ0) is 15.4. The van der Waals surface area contributed by atoms with Gasteiger partial charge in [0.1, 0.15) is 5.69 Å². The van der Waals surface area contributed by atoms with Gasteiger partial charge in [-0.1, -0.05) is 24.1 Å². The van der Waals surface area contributed by atoms with Crippen LogP contribution in [0.3, 0.4) is 0 Å². The van der Waals surface area contributed by atoms with Crippen molar-refractivity contribution in [2.24, 2.45) is 7.05 Å². The highest BCUT2D eigenvalue weighted by atomic mass is 32.2. The van der Waals surface area contributed by atoms with E-state index in [9.17, 15) is 9.59 Å². The lowest BCUT2D eigenvalue weighted by Gasteiger charge is -2.10. The molecule has 6 heteroatoms. The molecule has 0 aliphatic rings. The van der Waals surface area contributed by atoms with Gasteiger partial charge in [0.2, 0.25) is 5.91 Å². The van der Waals surface area contributed by atoms with Crippen molar-refractivity contribution in [3.05, 3.63) is 46.9 Å². The van der Waals surface area contributed by atoms with Crippen molar-refractivity contribution >= 4 is 29.2 Å². The summed E-state index contributed by atoms with van der Waals surface area (Å²) in [6, 6.07) is 9.56. The molecule has 2 N–H and O–H groups in total. The van der Waals surface area contributed by atoms with E-state index in [0.717, 1.165) is 16.8 Å². The molecule has 0 aliphatic carbocycles. The second-order valence-electron chi connectivity index (χ2n) is 4.63. The van der Waals surface area contributed by atoms with Crippen molar-refractivity contribution < 1.29 is 4.79 Å². The lowest BCUT2D eigenvalue weighted by atomic mass is 10.1. The molecule has 0 bridgehead atoms. The maximum Gasteiger partial charge on any atom is 0.274 e. The molecule has 1 heterocycles. The Balaban J connectivity index is 2.48. The highest BCUT2D eigenvalue weighted by Gasteiger charge is 2.08. The zero-order valence-electron chi connectivity index (χ0n) is 12.1. The Morgan fingerprint density at radius 3 is 2.67 bits per heavy atom. The molecule has 1 aromatic heterocycles. The van der Waals surface area contributed by atoms with Gasteiger partial charge < -0.3 is 14.6 Å². The standard InChI is InChI=1S/C15H17N3O2S/c1-10(19)16-14-8-12(9-18(2)15(14)20)11-5-4-6-13(7-11)17-21-3/h4-9,17H,1-3H3,(H,16,19). The third kappa shape index (κ3) is 3.66. The predicted octanol–water partition coefficient (Wildman–Crippen LogP) is 2.70. The number of aromatic nitrogens is 1. The second-order valence-corrected chi connectivity index (χ2v) is 5.24. The first kappa shape index (κ1) is 15.2. The summed E-state index contributed by atoms with van der Waals surface area (Å²) in [6.07, 6.45) is 3.71. The maximum absolute atomic E-state index is 12.0. The van der Waals surface area contributed by atoms with Crippen molar-refractivity contribution in [2.75, 3.05) is 16.3 Å². The number of carbonyl (C=O) groups is 1. The number of carbonyl (C=O) groups excluding carboxylic acids is 1. The topological polar surface area (TPSA) is 63.1 Å². The van der Waals surface area contributed by atoms with Crippen molar-refractivity contribution in [3.8, 4) is 11.1 Å². The van der Waals surface area contributed by atoms with E-state index in [1.54, 1.807) is 19.3 Å². The molecule has 1 amide bonds. The summed E-state index contributed by atoms with van der Waals surface area (Å²) < 4.78 is 4.64. The van der Waals surface area contributed by atoms with Crippen LogP contribution in [-0.4, -0.2) is 16.7 Å². The van der Waals surface area contributed by atoms with Gasteiger partial charge >= 0.3 is 0 Å². The summed E-state index contributed by atoms with van der Waals surface area (Å²) in [5.74, 6) is -0.262. The average Bonchev–Trinajstić information content (AvgIpc) is 2.44. The number of aryl methyl sites for hydroxylation is 1. The van der Waals surface area contributed by atoms with Gasteiger partial charge in [0, 0.05) is 37.7 Å². The summed E-state index contributed by atoms with van der Waals surface area (Å²) in [4.78, 5) is 23.2. The number of nitrogens with one attached hydrogen (secondary N) is 2. The third-order valence-electron chi connectivity index (χ3n) is 2.91. The molecule has 0 saturated heterocycles. The fraction of sp³-hybridized carbons (Fsp3) is 0.200. The molecular formula is C15H17N3O2S. The SMILES string of the molecule is CSNc1cccc(-c2cc(NC(C)=O)c(=O)n(C)c2)c1. The van der Waals surface area contributed by atoms with Gasteiger partial charge in [0.05, 0.1) is 0 Å². The molecule has 0 fully saturated rings. The molecule has 0 aliphatic heterocycles. The van der Waals surface area contributed by atoms with Crippen LogP contribution in [0.2, 0.25) is 0 Å².